The van der Waals surface area contributed by atoms with Crippen molar-refractivity contribution in [2.45, 2.75) is 89.3 Å². The molecule has 142 valence electrons. The highest BCUT2D eigenvalue weighted by atomic mass is 16.2. The van der Waals surface area contributed by atoms with E-state index in [1.807, 2.05) is 0 Å². The lowest BCUT2D eigenvalue weighted by atomic mass is 10.0. The second kappa shape index (κ2) is 6.66. The summed E-state index contributed by atoms with van der Waals surface area (Å²) in [4.78, 5) is 26.4. The van der Waals surface area contributed by atoms with Crippen LogP contribution in [0.4, 0.5) is 0 Å². The number of H-pyrrole nitrogens is 1. The summed E-state index contributed by atoms with van der Waals surface area (Å²) < 4.78 is 0. The summed E-state index contributed by atoms with van der Waals surface area (Å²) in [6.45, 7) is 3.87. The first-order chi connectivity index (χ1) is 12.7. The van der Waals surface area contributed by atoms with Gasteiger partial charge in [-0.3, -0.25) is 9.69 Å². The Morgan fingerprint density at radius 1 is 1.19 bits per heavy atom. The predicted molar refractivity (Wildman–Crippen MR) is 101 cm³/mol. The van der Waals surface area contributed by atoms with Crippen molar-refractivity contribution in [3.63, 3.8) is 0 Å². The third-order valence-electron chi connectivity index (χ3n) is 6.96. The number of aromatic nitrogens is 2. The molecule has 1 aromatic heterocycles. The van der Waals surface area contributed by atoms with Crippen LogP contribution in [0.15, 0.2) is 0 Å². The van der Waals surface area contributed by atoms with Gasteiger partial charge in [-0.05, 0) is 83.6 Å². The van der Waals surface area contributed by atoms with E-state index in [4.69, 9.17) is 4.98 Å². The van der Waals surface area contributed by atoms with Gasteiger partial charge in [0.2, 0.25) is 5.91 Å². The molecule has 26 heavy (non-hydrogen) atoms. The Balaban J connectivity index is 1.29. The maximum Gasteiger partial charge on any atom is 0.237 e. The van der Waals surface area contributed by atoms with Crippen molar-refractivity contribution in [2.24, 2.45) is 5.92 Å². The summed E-state index contributed by atoms with van der Waals surface area (Å²) in [7, 11) is 0. The van der Waals surface area contributed by atoms with Gasteiger partial charge in [-0.2, -0.15) is 0 Å². The van der Waals surface area contributed by atoms with Crippen molar-refractivity contribution >= 4 is 5.91 Å². The highest BCUT2D eigenvalue weighted by Gasteiger charge is 2.42. The minimum Gasteiger partial charge on any atom is -0.344 e. The van der Waals surface area contributed by atoms with Crippen LogP contribution in [-0.2, 0) is 17.6 Å². The first-order valence-corrected chi connectivity index (χ1v) is 10.8. The van der Waals surface area contributed by atoms with Crippen LogP contribution in [0.1, 0.15) is 81.5 Å². The minimum atomic E-state index is 0.307. The van der Waals surface area contributed by atoms with Gasteiger partial charge >= 0.3 is 0 Å². The number of carbonyl (C=O) groups excluding carboxylic acids is 1. The fourth-order valence-corrected chi connectivity index (χ4v) is 5.14. The molecular weight excluding hydrogens is 324 g/mol. The van der Waals surface area contributed by atoms with Crippen molar-refractivity contribution in [2.75, 3.05) is 13.1 Å². The molecule has 0 radical (unpaired) electrons. The van der Waals surface area contributed by atoms with E-state index >= 15 is 0 Å². The van der Waals surface area contributed by atoms with Crippen LogP contribution in [-0.4, -0.2) is 50.8 Å². The fourth-order valence-electron chi connectivity index (χ4n) is 5.14. The Morgan fingerprint density at radius 2 is 2.00 bits per heavy atom. The highest BCUT2D eigenvalue weighted by molar-refractivity contribution is 5.79. The van der Waals surface area contributed by atoms with Gasteiger partial charge in [0.15, 0.2) is 0 Å². The molecule has 1 amide bonds. The third-order valence-corrected chi connectivity index (χ3v) is 6.96. The topological polar surface area (TPSA) is 52.2 Å². The average Bonchev–Trinajstić information content (AvgIpc) is 3.55. The molecular formula is C21H32N4O. The van der Waals surface area contributed by atoms with E-state index < -0.39 is 0 Å². The number of likely N-dealkylation sites (tertiary alicyclic amines) is 1. The van der Waals surface area contributed by atoms with Crippen LogP contribution in [0.5, 0.6) is 0 Å². The number of amides is 1. The van der Waals surface area contributed by atoms with Crippen molar-refractivity contribution in [1.29, 1.82) is 0 Å². The van der Waals surface area contributed by atoms with Crippen molar-refractivity contribution in [1.82, 2.24) is 19.8 Å². The van der Waals surface area contributed by atoms with Crippen LogP contribution in [0.3, 0.4) is 0 Å². The SMILES string of the molecule is CC(C1CC1)N(C(=O)CN1CCCC1c1nc2c([nH]1)CCCC2)C1CC1. The number of nitrogens with one attached hydrogen (secondary N) is 1. The van der Waals surface area contributed by atoms with Crippen LogP contribution in [0.2, 0.25) is 0 Å². The van der Waals surface area contributed by atoms with Crippen LogP contribution in [0, 0.1) is 5.92 Å². The lowest BCUT2D eigenvalue weighted by Gasteiger charge is -2.32. The van der Waals surface area contributed by atoms with Gasteiger partial charge in [-0.1, -0.05) is 0 Å². The Morgan fingerprint density at radius 3 is 2.73 bits per heavy atom. The largest absolute Gasteiger partial charge is 0.344 e. The summed E-state index contributed by atoms with van der Waals surface area (Å²) in [5, 5.41) is 0. The highest BCUT2D eigenvalue weighted by Crippen LogP contribution is 2.40. The zero-order chi connectivity index (χ0) is 17.7. The quantitative estimate of drug-likeness (QED) is 0.851. The van der Waals surface area contributed by atoms with E-state index in [9.17, 15) is 4.79 Å². The number of imidazole rings is 1. The first-order valence-electron chi connectivity index (χ1n) is 10.8. The molecule has 5 rings (SSSR count). The number of fused-ring (bicyclic) bond motifs is 1. The maximum absolute atomic E-state index is 13.2. The summed E-state index contributed by atoms with van der Waals surface area (Å²) in [5.74, 6) is 2.23. The van der Waals surface area contributed by atoms with Crippen molar-refractivity contribution < 1.29 is 4.79 Å². The molecule has 1 N–H and O–H groups in total. The molecule has 2 heterocycles. The number of hydrogen-bond donors (Lipinski definition) is 1. The molecule has 2 saturated carbocycles. The molecule has 2 atom stereocenters. The number of nitrogens with zero attached hydrogens (tertiary/aromatic N) is 3. The lowest BCUT2D eigenvalue weighted by molar-refractivity contribution is -0.135. The zero-order valence-electron chi connectivity index (χ0n) is 16.0. The first kappa shape index (κ1) is 16.8. The number of aryl methyl sites for hydroxylation is 2. The average molecular weight is 357 g/mol. The van der Waals surface area contributed by atoms with Gasteiger partial charge in [-0.15, -0.1) is 0 Å². The number of hydrogen-bond acceptors (Lipinski definition) is 3. The van der Waals surface area contributed by atoms with Crippen molar-refractivity contribution in [3.05, 3.63) is 17.2 Å². The summed E-state index contributed by atoms with van der Waals surface area (Å²) in [5.41, 5.74) is 2.64. The van der Waals surface area contributed by atoms with Gasteiger partial charge in [0, 0.05) is 17.8 Å². The molecule has 3 fully saturated rings. The molecule has 1 saturated heterocycles. The van der Waals surface area contributed by atoms with Crippen molar-refractivity contribution in [3.8, 4) is 0 Å². The number of aromatic amines is 1. The van der Waals surface area contributed by atoms with Crippen LogP contribution < -0.4 is 0 Å². The Kier molecular flexibility index (Phi) is 4.30. The van der Waals surface area contributed by atoms with Gasteiger partial charge in [0.25, 0.3) is 0 Å². The third kappa shape index (κ3) is 3.19. The predicted octanol–water partition coefficient (Wildman–Crippen LogP) is 3.21. The molecule has 2 unspecified atom stereocenters. The molecule has 3 aliphatic carbocycles. The molecule has 0 spiro atoms. The summed E-state index contributed by atoms with van der Waals surface area (Å²) in [6.07, 6.45) is 12.1. The van der Waals surface area contributed by atoms with E-state index in [1.54, 1.807) is 0 Å². The number of carbonyl (C=O) groups is 1. The fraction of sp³-hybridized carbons (Fsp3) is 0.810. The summed E-state index contributed by atoms with van der Waals surface area (Å²) >= 11 is 0. The molecule has 1 aromatic rings. The van der Waals surface area contributed by atoms with Gasteiger partial charge in [-0.25, -0.2) is 4.98 Å². The Hall–Kier alpha value is -1.36. The molecule has 1 aliphatic heterocycles. The van der Waals surface area contributed by atoms with E-state index in [-0.39, 0.29) is 0 Å². The van der Waals surface area contributed by atoms with Crippen LogP contribution >= 0.6 is 0 Å². The standard InChI is InChI=1S/C21H32N4O/c1-14(15-8-9-15)25(16-10-11-16)20(26)13-24-12-4-7-19(24)21-22-17-5-2-3-6-18(17)23-21/h14-16,19H,2-13H2,1H3,(H,22,23). The van der Waals surface area contributed by atoms with E-state index in [0.29, 0.717) is 30.6 Å². The monoisotopic (exact) mass is 356 g/mol. The van der Waals surface area contributed by atoms with Gasteiger partial charge in [0.05, 0.1) is 18.3 Å². The smallest absolute Gasteiger partial charge is 0.237 e. The van der Waals surface area contributed by atoms with E-state index in [1.165, 1.54) is 56.3 Å². The molecule has 5 heteroatoms. The second-order valence-corrected chi connectivity index (χ2v) is 8.99. The zero-order valence-corrected chi connectivity index (χ0v) is 16.0. The Bertz CT molecular complexity index is 652. The minimum absolute atomic E-state index is 0.307. The lowest BCUT2D eigenvalue weighted by Crippen LogP contribution is -2.46. The molecule has 5 nitrogen and oxygen atoms in total. The van der Waals surface area contributed by atoms with Gasteiger partial charge in [0.1, 0.15) is 5.82 Å². The number of rotatable bonds is 6. The molecule has 0 bridgehead atoms. The Labute approximate surface area is 156 Å². The molecule has 4 aliphatic rings. The van der Waals surface area contributed by atoms with E-state index in [0.717, 1.165) is 37.5 Å². The second-order valence-electron chi connectivity index (χ2n) is 8.99. The normalized spacial score (nSPS) is 27.3. The maximum atomic E-state index is 13.2. The van der Waals surface area contributed by atoms with Crippen LogP contribution in [0.25, 0.3) is 0 Å². The molecule has 0 aromatic carbocycles. The summed E-state index contributed by atoms with van der Waals surface area (Å²) in [6, 6.07) is 1.27. The van der Waals surface area contributed by atoms with E-state index in [2.05, 4.69) is 21.7 Å². The van der Waals surface area contributed by atoms with Gasteiger partial charge < -0.3 is 9.88 Å².